The van der Waals surface area contributed by atoms with E-state index in [1.165, 1.54) is 11.8 Å². The predicted molar refractivity (Wildman–Crippen MR) is 94.1 cm³/mol. The third-order valence-corrected chi connectivity index (χ3v) is 4.85. The van der Waals surface area contributed by atoms with E-state index in [2.05, 4.69) is 6.92 Å². The molecule has 0 N–H and O–H groups in total. The van der Waals surface area contributed by atoms with Crippen molar-refractivity contribution in [3.8, 4) is 0 Å². The lowest BCUT2D eigenvalue weighted by atomic mass is 10.00. The maximum Gasteiger partial charge on any atom is 0.242 e. The molecule has 1 aromatic carbocycles. The van der Waals surface area contributed by atoms with E-state index >= 15 is 0 Å². The van der Waals surface area contributed by atoms with Gasteiger partial charge in [0, 0.05) is 24.5 Å². The Balaban J connectivity index is 2.20. The molecule has 0 spiro atoms. The highest BCUT2D eigenvalue weighted by Crippen LogP contribution is 2.29. The number of nitrogens with zero attached hydrogens (tertiary/aromatic N) is 2. The molecule has 1 aromatic rings. The molecule has 126 valence electrons. The minimum Gasteiger partial charge on any atom is -0.338 e. The molecular weight excluding hydrogens is 335 g/mol. The van der Waals surface area contributed by atoms with Gasteiger partial charge in [0.05, 0.1) is 10.7 Å². The summed E-state index contributed by atoms with van der Waals surface area (Å²) in [6.07, 6.45) is 4.13. The smallest absolute Gasteiger partial charge is 0.242 e. The van der Waals surface area contributed by atoms with Gasteiger partial charge >= 0.3 is 0 Å². The number of hydrogen-bond donors (Lipinski definition) is 0. The van der Waals surface area contributed by atoms with Gasteiger partial charge in [-0.3, -0.25) is 9.59 Å². The molecule has 6 heteroatoms. The normalized spacial score (nSPS) is 17.9. The fourth-order valence-electron chi connectivity index (χ4n) is 3.04. The van der Waals surface area contributed by atoms with Gasteiger partial charge < -0.3 is 9.80 Å². The average Bonchev–Trinajstić information content (AvgIpc) is 2.54. The fraction of sp³-hybridized carbons (Fsp3) is 0.529. The Morgan fingerprint density at radius 2 is 2.04 bits per heavy atom. The number of piperidine rings is 1. The molecule has 4 nitrogen and oxygen atoms in total. The highest BCUT2D eigenvalue weighted by Gasteiger charge is 2.28. The van der Waals surface area contributed by atoms with Crippen LogP contribution in [0.1, 0.15) is 39.5 Å². The molecule has 1 unspecified atom stereocenters. The van der Waals surface area contributed by atoms with E-state index < -0.39 is 0 Å². The Morgan fingerprint density at radius 3 is 2.70 bits per heavy atom. The first-order valence-corrected chi connectivity index (χ1v) is 8.72. The van der Waals surface area contributed by atoms with E-state index in [0.29, 0.717) is 15.7 Å². The molecule has 0 saturated carbocycles. The van der Waals surface area contributed by atoms with Gasteiger partial charge in [-0.25, -0.2) is 0 Å². The van der Waals surface area contributed by atoms with Crippen molar-refractivity contribution in [1.82, 2.24) is 4.90 Å². The minimum atomic E-state index is -0.229. The van der Waals surface area contributed by atoms with Crippen LogP contribution in [0.5, 0.6) is 0 Å². The second-order valence-electron chi connectivity index (χ2n) is 5.85. The molecule has 0 aliphatic carbocycles. The lowest BCUT2D eigenvalue weighted by molar-refractivity contribution is -0.134. The largest absolute Gasteiger partial charge is 0.338 e. The predicted octanol–water partition coefficient (Wildman–Crippen LogP) is 4.14. The van der Waals surface area contributed by atoms with Gasteiger partial charge in [-0.2, -0.15) is 0 Å². The van der Waals surface area contributed by atoms with Crippen molar-refractivity contribution in [2.24, 2.45) is 0 Å². The number of likely N-dealkylation sites (tertiary alicyclic amines) is 1. The topological polar surface area (TPSA) is 40.6 Å². The van der Waals surface area contributed by atoms with Crippen LogP contribution in [0.25, 0.3) is 0 Å². The average molecular weight is 357 g/mol. The molecule has 0 aromatic heterocycles. The Hall–Kier alpha value is -1.26. The van der Waals surface area contributed by atoms with Crippen LogP contribution in [-0.2, 0) is 9.59 Å². The quantitative estimate of drug-likeness (QED) is 0.813. The Kier molecular flexibility index (Phi) is 6.31. The molecule has 1 atom stereocenters. The lowest BCUT2D eigenvalue weighted by Gasteiger charge is -2.36. The van der Waals surface area contributed by atoms with Crippen LogP contribution in [0.2, 0.25) is 10.0 Å². The molecule has 0 radical (unpaired) electrons. The molecule has 1 saturated heterocycles. The van der Waals surface area contributed by atoms with Crippen molar-refractivity contribution in [2.45, 2.75) is 45.6 Å². The second-order valence-corrected chi connectivity index (χ2v) is 6.69. The summed E-state index contributed by atoms with van der Waals surface area (Å²) in [6, 6.07) is 5.17. The van der Waals surface area contributed by atoms with Crippen LogP contribution >= 0.6 is 23.2 Å². The van der Waals surface area contributed by atoms with Crippen molar-refractivity contribution < 1.29 is 9.59 Å². The molecule has 1 aliphatic rings. The summed E-state index contributed by atoms with van der Waals surface area (Å²) >= 11 is 12.2. The van der Waals surface area contributed by atoms with Crippen molar-refractivity contribution in [3.63, 3.8) is 0 Å². The van der Waals surface area contributed by atoms with Crippen LogP contribution in [-0.4, -0.2) is 35.8 Å². The van der Waals surface area contributed by atoms with Crippen LogP contribution in [0, 0.1) is 0 Å². The number of halogens is 2. The van der Waals surface area contributed by atoms with Crippen molar-refractivity contribution in [1.29, 1.82) is 0 Å². The number of anilines is 1. The lowest BCUT2D eigenvalue weighted by Crippen LogP contribution is -2.48. The van der Waals surface area contributed by atoms with Crippen LogP contribution in [0.3, 0.4) is 0 Å². The molecule has 1 aliphatic heterocycles. The second kappa shape index (κ2) is 8.02. The SMILES string of the molecule is CCC1CCCCN1C(=O)CN(C(C)=O)c1cc(Cl)ccc1Cl. The highest BCUT2D eigenvalue weighted by molar-refractivity contribution is 6.35. The minimum absolute atomic E-state index is 0.00804. The molecule has 2 rings (SSSR count). The molecule has 1 heterocycles. The van der Waals surface area contributed by atoms with Crippen LogP contribution in [0.4, 0.5) is 5.69 Å². The van der Waals surface area contributed by atoms with Gasteiger partial charge in [-0.15, -0.1) is 0 Å². The van der Waals surface area contributed by atoms with Gasteiger partial charge in [0.1, 0.15) is 6.54 Å². The number of carbonyl (C=O) groups excluding carboxylic acids is 2. The zero-order valence-electron chi connectivity index (χ0n) is 13.5. The van der Waals surface area contributed by atoms with Crippen molar-refractivity contribution in [3.05, 3.63) is 28.2 Å². The first-order valence-electron chi connectivity index (χ1n) is 7.96. The Morgan fingerprint density at radius 1 is 1.30 bits per heavy atom. The summed E-state index contributed by atoms with van der Waals surface area (Å²) in [4.78, 5) is 28.0. The van der Waals surface area contributed by atoms with E-state index in [9.17, 15) is 9.59 Å². The van der Waals surface area contributed by atoms with Gasteiger partial charge in [0.25, 0.3) is 0 Å². The number of carbonyl (C=O) groups is 2. The molecule has 0 bridgehead atoms. The van der Waals surface area contributed by atoms with E-state index in [-0.39, 0.29) is 24.4 Å². The monoisotopic (exact) mass is 356 g/mol. The summed E-state index contributed by atoms with van der Waals surface area (Å²) in [7, 11) is 0. The van der Waals surface area contributed by atoms with Gasteiger partial charge in [0.15, 0.2) is 0 Å². The standard InChI is InChI=1S/C17H22Cl2N2O2/c1-3-14-6-4-5-9-20(14)17(23)11-21(12(2)22)16-10-13(18)7-8-15(16)19/h7-8,10,14H,3-6,9,11H2,1-2H3. The third-order valence-electron chi connectivity index (χ3n) is 4.29. The summed E-state index contributed by atoms with van der Waals surface area (Å²) in [5, 5.41) is 0.885. The number of hydrogen-bond acceptors (Lipinski definition) is 2. The summed E-state index contributed by atoms with van der Waals surface area (Å²) in [5.41, 5.74) is 0.477. The third kappa shape index (κ3) is 4.39. The Labute approximate surface area is 147 Å². The van der Waals surface area contributed by atoms with Crippen LogP contribution < -0.4 is 4.90 Å². The molecule has 2 amide bonds. The molecule has 1 fully saturated rings. The zero-order chi connectivity index (χ0) is 17.0. The van der Waals surface area contributed by atoms with Crippen LogP contribution in [0.15, 0.2) is 18.2 Å². The highest BCUT2D eigenvalue weighted by atomic mass is 35.5. The maximum absolute atomic E-state index is 12.7. The summed E-state index contributed by atoms with van der Waals surface area (Å²) in [5.74, 6) is -0.268. The van der Waals surface area contributed by atoms with Crippen molar-refractivity contribution >= 4 is 40.7 Å². The zero-order valence-corrected chi connectivity index (χ0v) is 15.0. The molecular formula is C17H22Cl2N2O2. The van der Waals surface area contributed by atoms with Gasteiger partial charge in [0.2, 0.25) is 11.8 Å². The summed E-state index contributed by atoms with van der Waals surface area (Å²) in [6.45, 7) is 4.27. The van der Waals surface area contributed by atoms with E-state index in [4.69, 9.17) is 23.2 Å². The van der Waals surface area contributed by atoms with E-state index in [1.54, 1.807) is 18.2 Å². The molecule has 23 heavy (non-hydrogen) atoms. The summed E-state index contributed by atoms with van der Waals surface area (Å²) < 4.78 is 0. The maximum atomic E-state index is 12.7. The Bertz CT molecular complexity index is 592. The number of amides is 2. The first kappa shape index (κ1) is 18.1. The van der Waals surface area contributed by atoms with E-state index in [1.807, 2.05) is 4.90 Å². The number of benzene rings is 1. The van der Waals surface area contributed by atoms with Gasteiger partial charge in [-0.05, 0) is 43.9 Å². The van der Waals surface area contributed by atoms with Gasteiger partial charge in [-0.1, -0.05) is 30.1 Å². The van der Waals surface area contributed by atoms with Crippen molar-refractivity contribution in [2.75, 3.05) is 18.0 Å². The first-order chi connectivity index (χ1) is 10.9. The fourth-order valence-corrected chi connectivity index (χ4v) is 3.42. The van der Waals surface area contributed by atoms with E-state index in [0.717, 1.165) is 32.2 Å². The number of rotatable bonds is 4.